The number of hydrogen-bond donors (Lipinski definition) is 1. The average Bonchev–Trinajstić information content (AvgIpc) is 2.66. The number of carbonyl (C=O) groups excluding carboxylic acids is 1. The molecule has 0 aliphatic heterocycles. The van der Waals surface area contributed by atoms with Crippen molar-refractivity contribution in [2.75, 3.05) is 5.32 Å². The highest BCUT2D eigenvalue weighted by Gasteiger charge is 2.10. The van der Waals surface area contributed by atoms with Crippen molar-refractivity contribution < 1.29 is 4.79 Å². The molecule has 1 heterocycles. The van der Waals surface area contributed by atoms with Gasteiger partial charge in [-0.2, -0.15) is 5.10 Å². The van der Waals surface area contributed by atoms with Gasteiger partial charge in [-0.15, -0.1) is 0 Å². The molecule has 0 bridgehead atoms. The van der Waals surface area contributed by atoms with Crippen LogP contribution in [0.15, 0.2) is 59.4 Å². The summed E-state index contributed by atoms with van der Waals surface area (Å²) in [6.45, 7) is 5.91. The monoisotopic (exact) mass is 361 g/mol. The third-order valence-electron chi connectivity index (χ3n) is 4.47. The molecule has 3 rings (SSSR count). The summed E-state index contributed by atoms with van der Waals surface area (Å²) in [6.07, 6.45) is 0.964. The van der Waals surface area contributed by atoms with E-state index in [9.17, 15) is 9.59 Å². The maximum absolute atomic E-state index is 12.4. The van der Waals surface area contributed by atoms with Crippen LogP contribution in [0.25, 0.3) is 11.3 Å². The van der Waals surface area contributed by atoms with E-state index in [2.05, 4.69) is 17.3 Å². The van der Waals surface area contributed by atoms with Gasteiger partial charge >= 0.3 is 0 Å². The van der Waals surface area contributed by atoms with Crippen molar-refractivity contribution in [1.82, 2.24) is 9.78 Å². The number of amides is 1. The highest BCUT2D eigenvalue weighted by atomic mass is 16.2. The van der Waals surface area contributed by atoms with Gasteiger partial charge in [0, 0.05) is 17.3 Å². The summed E-state index contributed by atoms with van der Waals surface area (Å²) < 4.78 is 1.20. The molecular weight excluding hydrogens is 338 g/mol. The summed E-state index contributed by atoms with van der Waals surface area (Å²) in [5, 5.41) is 7.21. The Morgan fingerprint density at radius 1 is 1.04 bits per heavy atom. The molecule has 0 radical (unpaired) electrons. The van der Waals surface area contributed by atoms with Crippen LogP contribution in [0.2, 0.25) is 0 Å². The molecule has 27 heavy (non-hydrogen) atoms. The van der Waals surface area contributed by atoms with Crippen molar-refractivity contribution in [3.05, 3.63) is 81.6 Å². The van der Waals surface area contributed by atoms with Gasteiger partial charge in [0.25, 0.3) is 5.56 Å². The van der Waals surface area contributed by atoms with Crippen LogP contribution < -0.4 is 10.9 Å². The Labute approximate surface area is 158 Å². The lowest BCUT2D eigenvalue weighted by Crippen LogP contribution is -2.29. The lowest BCUT2D eigenvalue weighted by Gasteiger charge is -2.11. The normalized spacial score (nSPS) is 10.6. The van der Waals surface area contributed by atoms with Gasteiger partial charge in [-0.25, -0.2) is 4.68 Å². The van der Waals surface area contributed by atoms with Crippen molar-refractivity contribution in [3.63, 3.8) is 0 Å². The number of anilines is 1. The maximum Gasteiger partial charge on any atom is 0.267 e. The van der Waals surface area contributed by atoms with Crippen LogP contribution in [0.1, 0.15) is 23.6 Å². The first-order chi connectivity index (χ1) is 13.0. The minimum atomic E-state index is -0.306. The Bertz CT molecular complexity index is 1020. The van der Waals surface area contributed by atoms with Crippen molar-refractivity contribution in [3.8, 4) is 11.3 Å². The van der Waals surface area contributed by atoms with E-state index >= 15 is 0 Å². The summed E-state index contributed by atoms with van der Waals surface area (Å²) in [5.41, 5.74) is 5.36. The van der Waals surface area contributed by atoms with E-state index in [4.69, 9.17) is 0 Å². The molecule has 0 aliphatic carbocycles. The molecule has 0 saturated carbocycles. The largest absolute Gasteiger partial charge is 0.324 e. The minimum absolute atomic E-state index is 0.132. The third-order valence-corrected chi connectivity index (χ3v) is 4.47. The smallest absolute Gasteiger partial charge is 0.267 e. The first-order valence-electron chi connectivity index (χ1n) is 9.01. The van der Waals surface area contributed by atoms with E-state index in [1.54, 1.807) is 6.07 Å². The molecule has 5 heteroatoms. The molecule has 0 atom stereocenters. The first kappa shape index (κ1) is 18.6. The molecule has 3 aromatic rings. The number of hydrogen-bond acceptors (Lipinski definition) is 3. The van der Waals surface area contributed by atoms with E-state index in [-0.39, 0.29) is 18.0 Å². The number of nitrogens with one attached hydrogen (secondary N) is 1. The summed E-state index contributed by atoms with van der Waals surface area (Å²) in [5.74, 6) is -0.282. The van der Waals surface area contributed by atoms with Gasteiger partial charge in [0.15, 0.2) is 0 Å². The van der Waals surface area contributed by atoms with Crippen molar-refractivity contribution in [1.29, 1.82) is 0 Å². The van der Waals surface area contributed by atoms with E-state index in [0.29, 0.717) is 5.69 Å². The standard InChI is InChI=1S/C22H23N3O2/c1-4-17-6-8-18(9-7-17)20-11-12-22(27)25(24-20)14-21(26)23-19-10-5-15(2)13-16(19)3/h5-13H,4,14H2,1-3H3,(H,23,26). The fourth-order valence-corrected chi connectivity index (χ4v) is 2.91. The topological polar surface area (TPSA) is 64.0 Å². The Hall–Kier alpha value is -3.21. The second kappa shape index (κ2) is 7.99. The maximum atomic E-state index is 12.4. The van der Waals surface area contributed by atoms with E-state index in [1.165, 1.54) is 16.3 Å². The van der Waals surface area contributed by atoms with Gasteiger partial charge in [-0.3, -0.25) is 9.59 Å². The van der Waals surface area contributed by atoms with Crippen LogP contribution in [0, 0.1) is 13.8 Å². The predicted octanol–water partition coefficient (Wildman–Crippen LogP) is 3.73. The number of benzene rings is 2. The zero-order chi connectivity index (χ0) is 19.4. The lowest BCUT2D eigenvalue weighted by molar-refractivity contribution is -0.117. The summed E-state index contributed by atoms with van der Waals surface area (Å²) >= 11 is 0. The molecule has 138 valence electrons. The molecule has 1 N–H and O–H groups in total. The van der Waals surface area contributed by atoms with Gasteiger partial charge < -0.3 is 5.32 Å². The van der Waals surface area contributed by atoms with Crippen LogP contribution in [0.3, 0.4) is 0 Å². The summed E-state index contributed by atoms with van der Waals surface area (Å²) in [7, 11) is 0. The average molecular weight is 361 g/mol. The fourth-order valence-electron chi connectivity index (χ4n) is 2.91. The molecule has 0 spiro atoms. The second-order valence-electron chi connectivity index (χ2n) is 6.63. The molecule has 5 nitrogen and oxygen atoms in total. The van der Waals surface area contributed by atoms with Gasteiger partial charge in [-0.1, -0.05) is 48.9 Å². The van der Waals surface area contributed by atoms with Crippen molar-refractivity contribution in [2.24, 2.45) is 0 Å². The second-order valence-corrected chi connectivity index (χ2v) is 6.63. The Morgan fingerprint density at radius 2 is 1.78 bits per heavy atom. The Balaban J connectivity index is 1.79. The Morgan fingerprint density at radius 3 is 2.44 bits per heavy atom. The van der Waals surface area contributed by atoms with Crippen LogP contribution in [0.4, 0.5) is 5.69 Å². The molecular formula is C22H23N3O2. The Kier molecular flexibility index (Phi) is 5.50. The van der Waals surface area contributed by atoms with Gasteiger partial charge in [0.2, 0.25) is 5.91 Å². The first-order valence-corrected chi connectivity index (χ1v) is 9.01. The molecule has 1 amide bonds. The molecule has 0 saturated heterocycles. The van der Waals surface area contributed by atoms with E-state index < -0.39 is 0 Å². The fraction of sp³-hybridized carbons (Fsp3) is 0.227. The third kappa shape index (κ3) is 4.50. The van der Waals surface area contributed by atoms with Crippen LogP contribution in [-0.4, -0.2) is 15.7 Å². The summed E-state index contributed by atoms with van der Waals surface area (Å²) in [6, 6.07) is 17.0. The van der Waals surface area contributed by atoms with Gasteiger partial charge in [-0.05, 0) is 43.5 Å². The minimum Gasteiger partial charge on any atom is -0.324 e. The van der Waals surface area contributed by atoms with Gasteiger partial charge in [0.1, 0.15) is 6.54 Å². The van der Waals surface area contributed by atoms with E-state index in [1.807, 2.05) is 56.3 Å². The quantitative estimate of drug-likeness (QED) is 0.753. The number of rotatable bonds is 5. The molecule has 0 aliphatic rings. The van der Waals surface area contributed by atoms with Gasteiger partial charge in [0.05, 0.1) is 5.69 Å². The van der Waals surface area contributed by atoms with Crippen LogP contribution in [-0.2, 0) is 17.8 Å². The highest BCUT2D eigenvalue weighted by molar-refractivity contribution is 5.91. The number of aryl methyl sites for hydroxylation is 3. The number of carbonyl (C=O) groups is 1. The lowest BCUT2D eigenvalue weighted by atomic mass is 10.1. The highest BCUT2D eigenvalue weighted by Crippen LogP contribution is 2.17. The molecule has 0 unspecified atom stereocenters. The number of aromatic nitrogens is 2. The number of nitrogens with zero attached hydrogens (tertiary/aromatic N) is 2. The predicted molar refractivity (Wildman–Crippen MR) is 108 cm³/mol. The SMILES string of the molecule is CCc1ccc(-c2ccc(=O)n(CC(=O)Nc3ccc(C)cc3C)n2)cc1. The zero-order valence-electron chi connectivity index (χ0n) is 15.8. The summed E-state index contributed by atoms with van der Waals surface area (Å²) in [4.78, 5) is 24.5. The van der Waals surface area contributed by atoms with Crippen molar-refractivity contribution in [2.45, 2.75) is 33.7 Å². The molecule has 2 aromatic carbocycles. The molecule has 1 aromatic heterocycles. The van der Waals surface area contributed by atoms with E-state index in [0.717, 1.165) is 28.8 Å². The van der Waals surface area contributed by atoms with Crippen molar-refractivity contribution >= 4 is 11.6 Å². The molecule has 0 fully saturated rings. The van der Waals surface area contributed by atoms with Crippen LogP contribution in [0.5, 0.6) is 0 Å². The van der Waals surface area contributed by atoms with Crippen LogP contribution >= 0.6 is 0 Å². The zero-order valence-corrected chi connectivity index (χ0v) is 15.8.